The quantitative estimate of drug-likeness (QED) is 0.724. The smallest absolute Gasteiger partial charge is 0.254 e. The number of nitrogens with zero attached hydrogens (tertiary/aromatic N) is 2. The van der Waals surface area contributed by atoms with Crippen LogP contribution in [0.1, 0.15) is 18.2 Å². The van der Waals surface area contributed by atoms with E-state index in [1.165, 1.54) is 10.6 Å². The predicted molar refractivity (Wildman–Crippen MR) is 108 cm³/mol. The lowest BCUT2D eigenvalue weighted by Gasteiger charge is -2.14. The predicted octanol–water partition coefficient (Wildman–Crippen LogP) is 4.07. The fourth-order valence-electron chi connectivity index (χ4n) is 2.75. The first-order chi connectivity index (χ1) is 13.0. The van der Waals surface area contributed by atoms with Crippen molar-refractivity contribution >= 4 is 23.2 Å². The van der Waals surface area contributed by atoms with Crippen LogP contribution in [-0.2, 0) is 17.8 Å². The zero-order chi connectivity index (χ0) is 19.4. The number of carbonyl (C=O) groups excluding carboxylic acids is 1. The third-order valence-electron chi connectivity index (χ3n) is 4.16. The van der Waals surface area contributed by atoms with Crippen molar-refractivity contribution in [3.63, 3.8) is 0 Å². The molecule has 6 heteroatoms. The molecule has 0 aliphatic heterocycles. The summed E-state index contributed by atoms with van der Waals surface area (Å²) in [6.45, 7) is 3.71. The molecule has 0 saturated heterocycles. The van der Waals surface area contributed by atoms with Gasteiger partial charge in [0, 0.05) is 17.3 Å². The first-order valence-electron chi connectivity index (χ1n) is 8.70. The summed E-state index contributed by atoms with van der Waals surface area (Å²) in [5, 5.41) is 3.22. The highest BCUT2D eigenvalue weighted by Gasteiger charge is 2.14. The molecule has 0 atom stereocenters. The van der Waals surface area contributed by atoms with Crippen LogP contribution in [0.3, 0.4) is 0 Å². The van der Waals surface area contributed by atoms with Crippen LogP contribution in [0.4, 0.5) is 5.69 Å². The van der Waals surface area contributed by atoms with E-state index in [2.05, 4.69) is 10.3 Å². The summed E-state index contributed by atoms with van der Waals surface area (Å²) in [5.74, 6) is 0.135. The molecule has 138 valence electrons. The van der Waals surface area contributed by atoms with Crippen molar-refractivity contribution in [2.75, 3.05) is 5.32 Å². The normalized spacial score (nSPS) is 10.6. The van der Waals surface area contributed by atoms with Crippen molar-refractivity contribution in [3.8, 4) is 11.4 Å². The van der Waals surface area contributed by atoms with Gasteiger partial charge in [0.25, 0.3) is 5.56 Å². The van der Waals surface area contributed by atoms with Crippen molar-refractivity contribution in [1.29, 1.82) is 0 Å². The fraction of sp³-hybridized carbons (Fsp3) is 0.190. The SMILES string of the molecule is CCc1cc(=O)n(CC(=O)Nc2ccc(C)cc2Cl)c(-c2ccccc2)n1. The van der Waals surface area contributed by atoms with Crippen LogP contribution in [0.2, 0.25) is 5.02 Å². The third-order valence-corrected chi connectivity index (χ3v) is 4.47. The molecule has 1 heterocycles. The van der Waals surface area contributed by atoms with Gasteiger partial charge in [-0.1, -0.05) is 54.9 Å². The number of nitrogens with one attached hydrogen (secondary N) is 1. The lowest BCUT2D eigenvalue weighted by molar-refractivity contribution is -0.116. The van der Waals surface area contributed by atoms with E-state index in [4.69, 9.17) is 11.6 Å². The van der Waals surface area contributed by atoms with Crippen LogP contribution in [0.25, 0.3) is 11.4 Å². The van der Waals surface area contributed by atoms with Crippen molar-refractivity contribution in [2.45, 2.75) is 26.8 Å². The maximum absolute atomic E-state index is 12.6. The number of anilines is 1. The molecule has 0 spiro atoms. The number of amides is 1. The zero-order valence-electron chi connectivity index (χ0n) is 15.2. The highest BCUT2D eigenvalue weighted by atomic mass is 35.5. The Hall–Kier alpha value is -2.92. The maximum atomic E-state index is 12.6. The average Bonchev–Trinajstić information content (AvgIpc) is 2.66. The lowest BCUT2D eigenvalue weighted by atomic mass is 10.2. The fourth-order valence-corrected chi connectivity index (χ4v) is 3.03. The summed E-state index contributed by atoms with van der Waals surface area (Å²) in [4.78, 5) is 29.7. The molecule has 3 aromatic rings. The largest absolute Gasteiger partial charge is 0.323 e. The number of hydrogen-bond acceptors (Lipinski definition) is 3. The van der Waals surface area contributed by atoms with Gasteiger partial charge in [0.15, 0.2) is 0 Å². The van der Waals surface area contributed by atoms with Gasteiger partial charge in [-0.2, -0.15) is 0 Å². The van der Waals surface area contributed by atoms with E-state index in [9.17, 15) is 9.59 Å². The van der Waals surface area contributed by atoms with Crippen LogP contribution >= 0.6 is 11.6 Å². The van der Waals surface area contributed by atoms with Crippen molar-refractivity contribution in [1.82, 2.24) is 9.55 Å². The number of aromatic nitrogens is 2. The van der Waals surface area contributed by atoms with E-state index in [-0.39, 0.29) is 18.0 Å². The van der Waals surface area contributed by atoms with Gasteiger partial charge in [0.1, 0.15) is 12.4 Å². The van der Waals surface area contributed by atoms with Crippen LogP contribution in [0.15, 0.2) is 59.4 Å². The van der Waals surface area contributed by atoms with Crippen LogP contribution in [-0.4, -0.2) is 15.5 Å². The molecule has 0 radical (unpaired) electrons. The third kappa shape index (κ3) is 4.44. The number of benzene rings is 2. The van der Waals surface area contributed by atoms with Gasteiger partial charge in [0.2, 0.25) is 5.91 Å². The minimum Gasteiger partial charge on any atom is -0.323 e. The summed E-state index contributed by atoms with van der Waals surface area (Å²) in [6, 6.07) is 16.2. The average molecular weight is 382 g/mol. The number of aryl methyl sites for hydroxylation is 2. The molecular formula is C21H20ClN3O2. The molecule has 0 aliphatic rings. The second kappa shape index (κ2) is 8.18. The first-order valence-corrected chi connectivity index (χ1v) is 9.08. The maximum Gasteiger partial charge on any atom is 0.254 e. The lowest BCUT2D eigenvalue weighted by Crippen LogP contribution is -2.30. The molecule has 0 saturated carbocycles. The molecule has 5 nitrogen and oxygen atoms in total. The molecular weight excluding hydrogens is 362 g/mol. The van der Waals surface area contributed by atoms with Crippen molar-refractivity contribution < 1.29 is 4.79 Å². The van der Waals surface area contributed by atoms with E-state index >= 15 is 0 Å². The summed E-state index contributed by atoms with van der Waals surface area (Å²) in [7, 11) is 0. The molecule has 2 aromatic carbocycles. The van der Waals surface area contributed by atoms with Crippen LogP contribution < -0.4 is 10.9 Å². The topological polar surface area (TPSA) is 64.0 Å². The van der Waals surface area contributed by atoms with Gasteiger partial charge in [-0.3, -0.25) is 14.2 Å². The molecule has 27 heavy (non-hydrogen) atoms. The number of rotatable bonds is 5. The highest BCUT2D eigenvalue weighted by Crippen LogP contribution is 2.23. The van der Waals surface area contributed by atoms with Crippen molar-refractivity contribution in [2.24, 2.45) is 0 Å². The number of carbonyl (C=O) groups is 1. The van der Waals surface area contributed by atoms with E-state index in [0.29, 0.717) is 28.6 Å². The molecule has 1 N–H and O–H groups in total. The first kappa shape index (κ1) is 18.9. The second-order valence-corrected chi connectivity index (χ2v) is 6.65. The summed E-state index contributed by atoms with van der Waals surface area (Å²) >= 11 is 6.18. The molecule has 1 aromatic heterocycles. The Bertz CT molecular complexity index is 1030. The summed E-state index contributed by atoms with van der Waals surface area (Å²) in [6.07, 6.45) is 0.640. The van der Waals surface area contributed by atoms with Crippen molar-refractivity contribution in [3.05, 3.63) is 81.2 Å². The van der Waals surface area contributed by atoms with E-state index in [1.54, 1.807) is 12.1 Å². The molecule has 0 fully saturated rings. The Kier molecular flexibility index (Phi) is 5.72. The Morgan fingerprint density at radius 1 is 1.15 bits per heavy atom. The van der Waals surface area contributed by atoms with Gasteiger partial charge in [-0.05, 0) is 31.0 Å². The van der Waals surface area contributed by atoms with E-state index in [1.807, 2.05) is 50.2 Å². The Morgan fingerprint density at radius 2 is 1.89 bits per heavy atom. The minimum absolute atomic E-state index is 0.149. The standard InChI is InChI=1S/C21H20ClN3O2/c1-3-16-12-20(27)25(21(23-16)15-7-5-4-6-8-15)13-19(26)24-18-10-9-14(2)11-17(18)22/h4-12H,3,13H2,1-2H3,(H,24,26). The molecule has 0 unspecified atom stereocenters. The Balaban J connectivity index is 1.94. The van der Waals surface area contributed by atoms with Gasteiger partial charge < -0.3 is 5.32 Å². The molecule has 0 aliphatic carbocycles. The van der Waals surface area contributed by atoms with Crippen LogP contribution in [0, 0.1) is 6.92 Å². The Labute approximate surface area is 162 Å². The van der Waals surface area contributed by atoms with Gasteiger partial charge in [-0.25, -0.2) is 4.98 Å². The summed E-state index contributed by atoms with van der Waals surface area (Å²) < 4.78 is 1.38. The van der Waals surface area contributed by atoms with E-state index < -0.39 is 0 Å². The summed E-state index contributed by atoms with van der Waals surface area (Å²) in [5.41, 5.74) is 2.73. The molecule has 0 bridgehead atoms. The zero-order valence-corrected chi connectivity index (χ0v) is 16.0. The molecule has 3 rings (SSSR count). The van der Waals surface area contributed by atoms with Gasteiger partial charge in [-0.15, -0.1) is 0 Å². The van der Waals surface area contributed by atoms with Crippen LogP contribution in [0.5, 0.6) is 0 Å². The monoisotopic (exact) mass is 381 g/mol. The minimum atomic E-state index is -0.342. The molecule has 1 amide bonds. The number of hydrogen-bond donors (Lipinski definition) is 1. The van der Waals surface area contributed by atoms with Gasteiger partial charge >= 0.3 is 0 Å². The second-order valence-electron chi connectivity index (χ2n) is 6.25. The highest BCUT2D eigenvalue weighted by molar-refractivity contribution is 6.33. The van der Waals surface area contributed by atoms with E-state index in [0.717, 1.165) is 11.1 Å². The van der Waals surface area contributed by atoms with Gasteiger partial charge in [0.05, 0.1) is 10.7 Å². The Morgan fingerprint density at radius 3 is 2.56 bits per heavy atom. The number of halogens is 1.